The number of hydrogen-bond acceptors (Lipinski definition) is 3. The first-order valence-electron chi connectivity index (χ1n) is 5.89. The summed E-state index contributed by atoms with van der Waals surface area (Å²) in [6, 6.07) is 13.8. The van der Waals surface area contributed by atoms with Crippen LogP contribution in [0.1, 0.15) is 5.56 Å². The van der Waals surface area contributed by atoms with Crippen LogP contribution in [-0.4, -0.2) is 10.2 Å². The minimum atomic E-state index is -0.326. The lowest BCUT2D eigenvalue weighted by molar-refractivity contribution is 0.581. The maximum absolute atomic E-state index is 13.2. The van der Waals surface area contributed by atoms with Gasteiger partial charge in [-0.05, 0) is 36.8 Å². The lowest BCUT2D eigenvalue weighted by Crippen LogP contribution is -1.81. The number of benzene rings is 2. The predicted octanol–water partition coefficient (Wildman–Crippen LogP) is 3.85. The van der Waals surface area contributed by atoms with Gasteiger partial charge in [0.2, 0.25) is 11.8 Å². The molecule has 0 N–H and O–H groups in total. The molecule has 4 heteroatoms. The molecule has 3 aromatic rings. The first-order chi connectivity index (χ1) is 9.24. The summed E-state index contributed by atoms with van der Waals surface area (Å²) in [5.41, 5.74) is 2.52. The van der Waals surface area contributed by atoms with E-state index in [9.17, 15) is 4.39 Å². The van der Waals surface area contributed by atoms with Gasteiger partial charge in [-0.1, -0.05) is 24.3 Å². The fourth-order valence-electron chi connectivity index (χ4n) is 1.88. The van der Waals surface area contributed by atoms with Crippen molar-refractivity contribution in [3.05, 3.63) is 59.9 Å². The van der Waals surface area contributed by atoms with Gasteiger partial charge in [0.05, 0.1) is 0 Å². The molecule has 19 heavy (non-hydrogen) atoms. The summed E-state index contributed by atoms with van der Waals surface area (Å²) in [6.45, 7) is 1.97. The highest BCUT2D eigenvalue weighted by molar-refractivity contribution is 5.60. The summed E-state index contributed by atoms with van der Waals surface area (Å²) in [5, 5.41) is 7.98. The van der Waals surface area contributed by atoms with E-state index in [0.29, 0.717) is 17.3 Å². The molecule has 94 valence electrons. The standard InChI is InChI=1S/C15H11FN2O/c1-10-5-2-3-8-13(10)15-18-17-14(19-15)11-6-4-7-12(16)9-11/h2-9H,1H3. The molecule has 0 aliphatic carbocycles. The minimum absolute atomic E-state index is 0.317. The van der Waals surface area contributed by atoms with Gasteiger partial charge in [0.25, 0.3) is 0 Å². The topological polar surface area (TPSA) is 38.9 Å². The average Bonchev–Trinajstić information content (AvgIpc) is 2.89. The second-order valence-corrected chi connectivity index (χ2v) is 4.24. The molecule has 0 saturated carbocycles. The quantitative estimate of drug-likeness (QED) is 0.697. The maximum Gasteiger partial charge on any atom is 0.248 e. The molecule has 3 nitrogen and oxygen atoms in total. The Morgan fingerprint density at radius 1 is 0.947 bits per heavy atom. The lowest BCUT2D eigenvalue weighted by atomic mass is 10.1. The molecule has 1 heterocycles. The Bertz CT molecular complexity index is 721. The van der Waals surface area contributed by atoms with Gasteiger partial charge in [0, 0.05) is 11.1 Å². The Hall–Kier alpha value is -2.49. The summed E-state index contributed by atoms with van der Waals surface area (Å²) in [7, 11) is 0. The van der Waals surface area contributed by atoms with Gasteiger partial charge in [0.1, 0.15) is 5.82 Å². The third-order valence-corrected chi connectivity index (χ3v) is 2.87. The average molecular weight is 254 g/mol. The third kappa shape index (κ3) is 2.25. The second kappa shape index (κ2) is 4.65. The van der Waals surface area contributed by atoms with E-state index in [0.717, 1.165) is 11.1 Å². The number of aromatic nitrogens is 2. The van der Waals surface area contributed by atoms with Crippen LogP contribution >= 0.6 is 0 Å². The van der Waals surface area contributed by atoms with Crippen molar-refractivity contribution < 1.29 is 8.81 Å². The minimum Gasteiger partial charge on any atom is -0.416 e. The van der Waals surface area contributed by atoms with Gasteiger partial charge in [0.15, 0.2) is 0 Å². The highest BCUT2D eigenvalue weighted by Gasteiger charge is 2.12. The zero-order valence-corrected chi connectivity index (χ0v) is 10.3. The number of aryl methyl sites for hydroxylation is 1. The van der Waals surface area contributed by atoms with Crippen LogP contribution in [0.3, 0.4) is 0 Å². The van der Waals surface area contributed by atoms with Crippen LogP contribution in [0.4, 0.5) is 4.39 Å². The molecule has 2 aromatic carbocycles. The number of hydrogen-bond donors (Lipinski definition) is 0. The summed E-state index contributed by atoms with van der Waals surface area (Å²) in [4.78, 5) is 0. The van der Waals surface area contributed by atoms with Crippen molar-refractivity contribution in [2.45, 2.75) is 6.92 Å². The molecular weight excluding hydrogens is 243 g/mol. The molecule has 0 radical (unpaired) electrons. The van der Waals surface area contributed by atoms with Crippen molar-refractivity contribution in [3.63, 3.8) is 0 Å². The predicted molar refractivity (Wildman–Crippen MR) is 69.9 cm³/mol. The summed E-state index contributed by atoms with van der Waals surface area (Å²) < 4.78 is 18.8. The smallest absolute Gasteiger partial charge is 0.248 e. The first kappa shape index (κ1) is 11.6. The van der Waals surface area contributed by atoms with Gasteiger partial charge < -0.3 is 4.42 Å². The molecule has 0 saturated heterocycles. The molecule has 0 spiro atoms. The number of halogens is 1. The largest absolute Gasteiger partial charge is 0.416 e. The van der Waals surface area contributed by atoms with E-state index in [4.69, 9.17) is 4.42 Å². The Morgan fingerprint density at radius 3 is 2.53 bits per heavy atom. The monoisotopic (exact) mass is 254 g/mol. The van der Waals surface area contributed by atoms with E-state index in [2.05, 4.69) is 10.2 Å². The SMILES string of the molecule is Cc1ccccc1-c1nnc(-c2cccc(F)c2)o1. The van der Waals surface area contributed by atoms with Gasteiger partial charge in [-0.3, -0.25) is 0 Å². The molecule has 0 aliphatic rings. The Labute approximate surface area is 109 Å². The summed E-state index contributed by atoms with van der Waals surface area (Å²) in [6.07, 6.45) is 0. The van der Waals surface area contributed by atoms with Crippen LogP contribution in [0.2, 0.25) is 0 Å². The molecule has 1 aromatic heterocycles. The zero-order chi connectivity index (χ0) is 13.2. The van der Waals surface area contributed by atoms with E-state index >= 15 is 0 Å². The van der Waals surface area contributed by atoms with E-state index in [1.54, 1.807) is 12.1 Å². The number of nitrogens with zero attached hydrogens (tertiary/aromatic N) is 2. The molecule has 0 fully saturated rings. The van der Waals surface area contributed by atoms with Gasteiger partial charge in [-0.2, -0.15) is 0 Å². The van der Waals surface area contributed by atoms with Crippen LogP contribution in [0, 0.1) is 12.7 Å². The molecule has 0 bridgehead atoms. The van der Waals surface area contributed by atoms with Gasteiger partial charge in [-0.25, -0.2) is 4.39 Å². The van der Waals surface area contributed by atoms with Crippen LogP contribution in [0.5, 0.6) is 0 Å². The van der Waals surface area contributed by atoms with Crippen LogP contribution in [0.25, 0.3) is 22.9 Å². The molecule has 3 rings (SSSR count). The second-order valence-electron chi connectivity index (χ2n) is 4.24. The summed E-state index contributed by atoms with van der Waals surface area (Å²) >= 11 is 0. The van der Waals surface area contributed by atoms with Gasteiger partial charge >= 0.3 is 0 Å². The zero-order valence-electron chi connectivity index (χ0n) is 10.3. The number of rotatable bonds is 2. The fourth-order valence-corrected chi connectivity index (χ4v) is 1.88. The highest BCUT2D eigenvalue weighted by Crippen LogP contribution is 2.26. The normalized spacial score (nSPS) is 10.6. The van der Waals surface area contributed by atoms with Crippen LogP contribution in [0.15, 0.2) is 52.9 Å². The maximum atomic E-state index is 13.2. The van der Waals surface area contributed by atoms with Crippen molar-refractivity contribution in [2.24, 2.45) is 0 Å². The Morgan fingerprint density at radius 2 is 1.74 bits per heavy atom. The van der Waals surface area contributed by atoms with Crippen LogP contribution < -0.4 is 0 Å². The summed E-state index contributed by atoms with van der Waals surface area (Å²) in [5.74, 6) is 0.434. The van der Waals surface area contributed by atoms with Crippen molar-refractivity contribution >= 4 is 0 Å². The fraction of sp³-hybridized carbons (Fsp3) is 0.0667. The van der Waals surface area contributed by atoms with Crippen molar-refractivity contribution in [1.29, 1.82) is 0 Å². The van der Waals surface area contributed by atoms with Crippen molar-refractivity contribution in [2.75, 3.05) is 0 Å². The lowest BCUT2D eigenvalue weighted by Gasteiger charge is -1.99. The van der Waals surface area contributed by atoms with Gasteiger partial charge in [-0.15, -0.1) is 10.2 Å². The van der Waals surface area contributed by atoms with E-state index in [1.165, 1.54) is 12.1 Å². The van der Waals surface area contributed by atoms with E-state index in [-0.39, 0.29) is 5.82 Å². The molecule has 0 unspecified atom stereocenters. The van der Waals surface area contributed by atoms with E-state index < -0.39 is 0 Å². The highest BCUT2D eigenvalue weighted by atomic mass is 19.1. The van der Waals surface area contributed by atoms with E-state index in [1.807, 2.05) is 31.2 Å². The molecular formula is C15H11FN2O. The molecule has 0 amide bonds. The Kier molecular flexibility index (Phi) is 2.83. The Balaban J connectivity index is 2.03. The molecule has 0 atom stereocenters. The van der Waals surface area contributed by atoms with Crippen molar-refractivity contribution in [3.8, 4) is 22.9 Å². The third-order valence-electron chi connectivity index (χ3n) is 2.87. The van der Waals surface area contributed by atoms with Crippen LogP contribution in [-0.2, 0) is 0 Å². The first-order valence-corrected chi connectivity index (χ1v) is 5.89. The van der Waals surface area contributed by atoms with Crippen molar-refractivity contribution in [1.82, 2.24) is 10.2 Å². The molecule has 0 aliphatic heterocycles.